The second kappa shape index (κ2) is 6.00. The van der Waals surface area contributed by atoms with Crippen LogP contribution in [0, 0.1) is 0 Å². The second-order valence-electron chi connectivity index (χ2n) is 6.07. The van der Waals surface area contributed by atoms with Gasteiger partial charge in [0, 0.05) is 35.3 Å². The standard InChI is InChI=1S/C19H14ClN3O3/c1-11(24)18-15-5-6-22-9-13(12-3-2-4-14(20)7-12)8-16(22)19(15)23(21-18)10-17(25)26/h2-9H,10H2,1H3,(H,25,26). The normalized spacial score (nSPS) is 11.3. The largest absolute Gasteiger partial charge is 0.480 e. The number of aromatic nitrogens is 3. The van der Waals surface area contributed by atoms with Crippen LogP contribution in [-0.2, 0) is 11.3 Å². The summed E-state index contributed by atoms with van der Waals surface area (Å²) in [6, 6.07) is 11.2. The van der Waals surface area contributed by atoms with E-state index in [1.54, 1.807) is 12.1 Å². The molecule has 0 amide bonds. The predicted octanol–water partition coefficient (Wildman–Crippen LogP) is 3.90. The molecule has 0 aliphatic carbocycles. The lowest BCUT2D eigenvalue weighted by Gasteiger charge is -2.01. The number of aliphatic carboxylic acids is 1. The summed E-state index contributed by atoms with van der Waals surface area (Å²) in [6.45, 7) is 1.10. The van der Waals surface area contributed by atoms with Gasteiger partial charge < -0.3 is 9.51 Å². The van der Waals surface area contributed by atoms with Crippen molar-refractivity contribution in [2.24, 2.45) is 0 Å². The first-order valence-electron chi connectivity index (χ1n) is 7.94. The molecule has 6 nitrogen and oxygen atoms in total. The van der Waals surface area contributed by atoms with Gasteiger partial charge in [-0.1, -0.05) is 23.7 Å². The molecule has 0 saturated heterocycles. The van der Waals surface area contributed by atoms with Crippen LogP contribution in [0.25, 0.3) is 27.5 Å². The SMILES string of the molecule is CC(=O)c1nn(CC(=O)O)c2c1ccn1cc(-c3cccc(Cl)c3)cc21. The number of fused-ring (bicyclic) bond motifs is 3. The van der Waals surface area contributed by atoms with Gasteiger partial charge >= 0.3 is 5.97 Å². The highest BCUT2D eigenvalue weighted by Gasteiger charge is 2.19. The van der Waals surface area contributed by atoms with E-state index in [9.17, 15) is 14.7 Å². The minimum atomic E-state index is -1.02. The van der Waals surface area contributed by atoms with Gasteiger partial charge in [-0.2, -0.15) is 5.10 Å². The summed E-state index contributed by atoms with van der Waals surface area (Å²) < 4.78 is 3.26. The molecule has 0 atom stereocenters. The fourth-order valence-corrected chi connectivity index (χ4v) is 3.37. The number of rotatable bonds is 4. The summed E-state index contributed by atoms with van der Waals surface area (Å²) in [6.07, 6.45) is 3.77. The Balaban J connectivity index is 2.02. The lowest BCUT2D eigenvalue weighted by Crippen LogP contribution is -2.11. The van der Waals surface area contributed by atoms with Crippen molar-refractivity contribution < 1.29 is 14.7 Å². The van der Waals surface area contributed by atoms with E-state index in [1.807, 2.05) is 41.1 Å². The molecule has 26 heavy (non-hydrogen) atoms. The Morgan fingerprint density at radius 3 is 2.69 bits per heavy atom. The number of hydrogen-bond acceptors (Lipinski definition) is 3. The number of pyridine rings is 1. The molecule has 0 fully saturated rings. The number of ketones is 1. The molecule has 0 spiro atoms. The van der Waals surface area contributed by atoms with E-state index in [0.29, 0.717) is 15.9 Å². The van der Waals surface area contributed by atoms with E-state index in [2.05, 4.69) is 5.10 Å². The zero-order valence-electron chi connectivity index (χ0n) is 13.8. The number of carbonyl (C=O) groups excluding carboxylic acids is 1. The molecule has 4 aromatic rings. The van der Waals surface area contributed by atoms with Crippen LogP contribution in [0.3, 0.4) is 0 Å². The third-order valence-corrected chi connectivity index (χ3v) is 4.49. The maximum atomic E-state index is 11.9. The van der Waals surface area contributed by atoms with E-state index in [0.717, 1.165) is 16.6 Å². The van der Waals surface area contributed by atoms with Crippen LogP contribution in [0.5, 0.6) is 0 Å². The highest BCUT2D eigenvalue weighted by Crippen LogP contribution is 2.30. The van der Waals surface area contributed by atoms with Gasteiger partial charge in [0.1, 0.15) is 12.2 Å². The zero-order chi connectivity index (χ0) is 18.4. The Morgan fingerprint density at radius 2 is 2.00 bits per heavy atom. The number of halogens is 1. The highest BCUT2D eigenvalue weighted by atomic mass is 35.5. The van der Waals surface area contributed by atoms with Gasteiger partial charge in [-0.05, 0) is 29.8 Å². The molecule has 0 radical (unpaired) electrons. The number of carbonyl (C=O) groups is 2. The third kappa shape index (κ3) is 2.64. The van der Waals surface area contributed by atoms with Crippen molar-refractivity contribution in [3.8, 4) is 11.1 Å². The van der Waals surface area contributed by atoms with Gasteiger partial charge in [-0.3, -0.25) is 14.3 Å². The molecule has 0 saturated carbocycles. The lowest BCUT2D eigenvalue weighted by molar-refractivity contribution is -0.137. The Morgan fingerprint density at radius 1 is 1.19 bits per heavy atom. The minimum absolute atomic E-state index is 0.204. The fourth-order valence-electron chi connectivity index (χ4n) is 3.18. The minimum Gasteiger partial charge on any atom is -0.480 e. The Labute approximate surface area is 153 Å². The summed E-state index contributed by atoms with van der Waals surface area (Å²) in [5.74, 6) is -1.22. The van der Waals surface area contributed by atoms with E-state index < -0.39 is 5.97 Å². The van der Waals surface area contributed by atoms with Gasteiger partial charge in [0.25, 0.3) is 0 Å². The van der Waals surface area contributed by atoms with Gasteiger partial charge in [-0.15, -0.1) is 0 Å². The van der Waals surface area contributed by atoms with E-state index in [-0.39, 0.29) is 18.0 Å². The van der Waals surface area contributed by atoms with Crippen molar-refractivity contribution >= 4 is 39.8 Å². The second-order valence-corrected chi connectivity index (χ2v) is 6.50. The monoisotopic (exact) mass is 367 g/mol. The van der Waals surface area contributed by atoms with Crippen LogP contribution in [0.1, 0.15) is 17.4 Å². The Kier molecular flexibility index (Phi) is 3.77. The first-order chi connectivity index (χ1) is 12.4. The van der Waals surface area contributed by atoms with Crippen LogP contribution in [-0.4, -0.2) is 31.0 Å². The van der Waals surface area contributed by atoms with Gasteiger partial charge in [-0.25, -0.2) is 0 Å². The quantitative estimate of drug-likeness (QED) is 0.555. The average Bonchev–Trinajstić information content (AvgIpc) is 3.15. The first kappa shape index (κ1) is 16.4. The summed E-state index contributed by atoms with van der Waals surface area (Å²) in [5, 5.41) is 14.7. The topological polar surface area (TPSA) is 76.6 Å². The van der Waals surface area contributed by atoms with Crippen molar-refractivity contribution in [2.45, 2.75) is 13.5 Å². The van der Waals surface area contributed by atoms with Crippen molar-refractivity contribution in [1.29, 1.82) is 0 Å². The maximum Gasteiger partial charge on any atom is 0.325 e. The van der Waals surface area contributed by atoms with E-state index in [1.165, 1.54) is 11.6 Å². The van der Waals surface area contributed by atoms with Crippen molar-refractivity contribution in [3.63, 3.8) is 0 Å². The summed E-state index contributed by atoms with van der Waals surface area (Å²) >= 11 is 6.09. The van der Waals surface area contributed by atoms with Gasteiger partial charge in [0.15, 0.2) is 5.78 Å². The molecule has 1 aromatic carbocycles. The highest BCUT2D eigenvalue weighted by molar-refractivity contribution is 6.30. The molecule has 0 aliphatic rings. The molecule has 7 heteroatoms. The fraction of sp³-hybridized carbons (Fsp3) is 0.105. The molecule has 0 bridgehead atoms. The molecule has 0 unspecified atom stereocenters. The van der Waals surface area contributed by atoms with Crippen LogP contribution in [0.2, 0.25) is 5.02 Å². The van der Waals surface area contributed by atoms with Crippen molar-refractivity contribution in [2.75, 3.05) is 0 Å². The number of Topliss-reactive ketones (excluding diaryl/α,β-unsaturated/α-hetero) is 1. The molecular formula is C19H14ClN3O3. The Hall–Kier alpha value is -3.12. The summed E-state index contributed by atoms with van der Waals surface area (Å²) in [4.78, 5) is 23.1. The first-order valence-corrected chi connectivity index (χ1v) is 8.32. The number of carboxylic acid groups (broad SMARTS) is 1. The third-order valence-electron chi connectivity index (χ3n) is 4.26. The summed E-state index contributed by atoms with van der Waals surface area (Å²) in [5.41, 5.74) is 3.55. The number of hydrogen-bond donors (Lipinski definition) is 1. The molecule has 4 rings (SSSR count). The molecule has 130 valence electrons. The molecule has 0 aliphatic heterocycles. The van der Waals surface area contributed by atoms with Crippen LogP contribution >= 0.6 is 11.6 Å². The molecule has 3 heterocycles. The maximum absolute atomic E-state index is 11.9. The van der Waals surface area contributed by atoms with E-state index >= 15 is 0 Å². The zero-order valence-corrected chi connectivity index (χ0v) is 14.6. The van der Waals surface area contributed by atoms with Crippen molar-refractivity contribution in [1.82, 2.24) is 14.2 Å². The lowest BCUT2D eigenvalue weighted by atomic mass is 10.1. The smallest absolute Gasteiger partial charge is 0.325 e. The van der Waals surface area contributed by atoms with Gasteiger partial charge in [0.2, 0.25) is 0 Å². The predicted molar refractivity (Wildman–Crippen MR) is 98.8 cm³/mol. The van der Waals surface area contributed by atoms with E-state index in [4.69, 9.17) is 11.6 Å². The van der Waals surface area contributed by atoms with Crippen LogP contribution < -0.4 is 0 Å². The number of nitrogens with zero attached hydrogens (tertiary/aromatic N) is 3. The van der Waals surface area contributed by atoms with Crippen LogP contribution in [0.4, 0.5) is 0 Å². The van der Waals surface area contributed by atoms with Crippen LogP contribution in [0.15, 0.2) is 48.8 Å². The summed E-state index contributed by atoms with van der Waals surface area (Å²) in [7, 11) is 0. The molecular weight excluding hydrogens is 354 g/mol. The van der Waals surface area contributed by atoms with Gasteiger partial charge in [0.05, 0.1) is 11.0 Å². The number of benzene rings is 1. The van der Waals surface area contributed by atoms with Crippen molar-refractivity contribution in [3.05, 3.63) is 59.5 Å². The molecule has 3 aromatic heterocycles. The molecule has 1 N–H and O–H groups in total. The Bertz CT molecular complexity index is 1190. The number of carboxylic acids is 1. The average molecular weight is 368 g/mol.